The summed E-state index contributed by atoms with van der Waals surface area (Å²) >= 11 is 6.11. The molecule has 0 unspecified atom stereocenters. The van der Waals surface area contributed by atoms with Crippen LogP contribution in [0.15, 0.2) is 47.4 Å². The summed E-state index contributed by atoms with van der Waals surface area (Å²) < 4.78 is 33.2. The summed E-state index contributed by atoms with van der Waals surface area (Å²) in [4.78, 5) is 17.6. The number of hydrogen-bond donors (Lipinski definition) is 0. The normalized spacial score (nSPS) is 20.0. The Balaban J connectivity index is 1.40. The van der Waals surface area contributed by atoms with Crippen LogP contribution >= 0.6 is 11.6 Å². The van der Waals surface area contributed by atoms with E-state index in [4.69, 9.17) is 16.3 Å². The Morgan fingerprint density at radius 3 is 2.48 bits per heavy atom. The molecule has 9 heteroatoms. The SMILES string of the molecule is COc1ccc(S(=O)(=O)N2CCC[C@H](C(=O)N3CCN(c4cccc(Cl)c4)CC3)C2)cc1C. The molecule has 0 spiro atoms. The van der Waals surface area contributed by atoms with E-state index in [1.54, 1.807) is 25.3 Å². The lowest BCUT2D eigenvalue weighted by Gasteiger charge is -2.39. The fraction of sp³-hybridized carbons (Fsp3) is 0.458. The van der Waals surface area contributed by atoms with Gasteiger partial charge in [-0.3, -0.25) is 4.79 Å². The number of carbonyl (C=O) groups is 1. The first kappa shape index (κ1) is 23.9. The van der Waals surface area contributed by atoms with Crippen molar-refractivity contribution in [2.45, 2.75) is 24.7 Å². The first-order valence-electron chi connectivity index (χ1n) is 11.2. The summed E-state index contributed by atoms with van der Waals surface area (Å²) in [6.07, 6.45) is 1.38. The number of anilines is 1. The third-order valence-electron chi connectivity index (χ3n) is 6.50. The van der Waals surface area contributed by atoms with Gasteiger partial charge in [0.05, 0.1) is 17.9 Å². The fourth-order valence-corrected chi connectivity index (χ4v) is 6.43. The average molecular weight is 492 g/mol. The van der Waals surface area contributed by atoms with E-state index in [-0.39, 0.29) is 23.3 Å². The van der Waals surface area contributed by atoms with Crippen LogP contribution in [-0.4, -0.2) is 69.9 Å². The number of nitrogens with zero attached hydrogens (tertiary/aromatic N) is 3. The zero-order chi connectivity index (χ0) is 23.6. The van der Waals surface area contributed by atoms with Crippen LogP contribution in [0.2, 0.25) is 5.02 Å². The molecule has 0 N–H and O–H groups in total. The van der Waals surface area contributed by atoms with Crippen LogP contribution in [0.4, 0.5) is 5.69 Å². The van der Waals surface area contributed by atoms with Gasteiger partial charge >= 0.3 is 0 Å². The third-order valence-corrected chi connectivity index (χ3v) is 8.60. The number of sulfonamides is 1. The van der Waals surface area contributed by atoms with Gasteiger partial charge in [-0.25, -0.2) is 8.42 Å². The highest BCUT2D eigenvalue weighted by Gasteiger charge is 2.36. The second-order valence-electron chi connectivity index (χ2n) is 8.63. The molecule has 2 aliphatic heterocycles. The predicted octanol–water partition coefficient (Wildman–Crippen LogP) is 3.41. The Bertz CT molecular complexity index is 1120. The summed E-state index contributed by atoms with van der Waals surface area (Å²) in [6.45, 7) is 5.17. The molecule has 2 aliphatic rings. The lowest BCUT2D eigenvalue weighted by Crippen LogP contribution is -2.53. The Morgan fingerprint density at radius 1 is 1.06 bits per heavy atom. The molecular formula is C24H30ClN3O4S. The zero-order valence-electron chi connectivity index (χ0n) is 19.0. The molecule has 2 heterocycles. The van der Waals surface area contributed by atoms with Crippen LogP contribution < -0.4 is 9.64 Å². The van der Waals surface area contributed by atoms with Gasteiger partial charge in [-0.1, -0.05) is 17.7 Å². The van der Waals surface area contributed by atoms with E-state index in [0.29, 0.717) is 43.2 Å². The molecular weight excluding hydrogens is 462 g/mol. The summed E-state index contributed by atoms with van der Waals surface area (Å²) in [5, 5.41) is 0.696. The maximum atomic E-state index is 13.3. The number of halogens is 1. The Morgan fingerprint density at radius 2 is 1.82 bits per heavy atom. The van der Waals surface area contributed by atoms with Gasteiger partial charge in [0.15, 0.2) is 0 Å². The molecule has 178 valence electrons. The molecule has 0 aliphatic carbocycles. The number of hydrogen-bond acceptors (Lipinski definition) is 5. The van der Waals surface area contributed by atoms with Crippen molar-refractivity contribution in [1.29, 1.82) is 0 Å². The minimum absolute atomic E-state index is 0.0477. The summed E-state index contributed by atoms with van der Waals surface area (Å²) in [7, 11) is -2.11. The van der Waals surface area contributed by atoms with E-state index >= 15 is 0 Å². The van der Waals surface area contributed by atoms with Crippen LogP contribution in [0.3, 0.4) is 0 Å². The third kappa shape index (κ3) is 5.13. The number of methoxy groups -OCH3 is 1. The van der Waals surface area contributed by atoms with Crippen molar-refractivity contribution in [1.82, 2.24) is 9.21 Å². The molecule has 2 aromatic carbocycles. The maximum Gasteiger partial charge on any atom is 0.243 e. The first-order valence-corrected chi connectivity index (χ1v) is 13.1. The molecule has 0 saturated carbocycles. The molecule has 4 rings (SSSR count). The fourth-order valence-electron chi connectivity index (χ4n) is 4.64. The zero-order valence-corrected chi connectivity index (χ0v) is 20.6. The Kier molecular flexibility index (Phi) is 7.16. The van der Waals surface area contributed by atoms with Crippen molar-refractivity contribution >= 4 is 33.2 Å². The van der Waals surface area contributed by atoms with Crippen molar-refractivity contribution in [3.05, 3.63) is 53.1 Å². The standard InChI is InChI=1S/C24H30ClN3O4S/c1-18-15-22(8-9-23(18)32-2)33(30,31)28-10-4-5-19(17-28)24(29)27-13-11-26(12-14-27)21-7-3-6-20(25)16-21/h3,6-9,15-16,19H,4-5,10-14,17H2,1-2H3/t19-/m0/s1. The van der Waals surface area contributed by atoms with Gasteiger partial charge in [-0.05, 0) is 61.7 Å². The molecule has 0 radical (unpaired) electrons. The van der Waals surface area contributed by atoms with Crippen LogP contribution in [-0.2, 0) is 14.8 Å². The molecule has 0 bridgehead atoms. The molecule has 1 amide bonds. The molecule has 1 atom stereocenters. The van der Waals surface area contributed by atoms with Crippen LogP contribution in [0.1, 0.15) is 18.4 Å². The van der Waals surface area contributed by atoms with Crippen LogP contribution in [0, 0.1) is 12.8 Å². The number of benzene rings is 2. The highest BCUT2D eigenvalue weighted by atomic mass is 35.5. The smallest absolute Gasteiger partial charge is 0.243 e. The number of ether oxygens (including phenoxy) is 1. The van der Waals surface area contributed by atoms with Crippen molar-refractivity contribution < 1.29 is 17.9 Å². The second-order valence-corrected chi connectivity index (χ2v) is 11.0. The van der Waals surface area contributed by atoms with E-state index < -0.39 is 10.0 Å². The van der Waals surface area contributed by atoms with Crippen molar-refractivity contribution in [2.24, 2.45) is 5.92 Å². The van der Waals surface area contributed by atoms with Crippen molar-refractivity contribution in [3.63, 3.8) is 0 Å². The highest BCUT2D eigenvalue weighted by Crippen LogP contribution is 2.28. The van der Waals surface area contributed by atoms with Gasteiger partial charge in [0.25, 0.3) is 0 Å². The molecule has 33 heavy (non-hydrogen) atoms. The van der Waals surface area contributed by atoms with Crippen molar-refractivity contribution in [2.75, 3.05) is 51.3 Å². The van der Waals surface area contributed by atoms with Gasteiger partial charge < -0.3 is 14.5 Å². The summed E-state index contributed by atoms with van der Waals surface area (Å²) in [5.74, 6) is 0.384. The molecule has 2 aromatic rings. The number of carbonyl (C=O) groups excluding carboxylic acids is 1. The van der Waals surface area contributed by atoms with Gasteiger partial charge in [0.1, 0.15) is 5.75 Å². The van der Waals surface area contributed by atoms with Crippen LogP contribution in [0.25, 0.3) is 0 Å². The van der Waals surface area contributed by atoms with Crippen LogP contribution in [0.5, 0.6) is 5.75 Å². The van der Waals surface area contributed by atoms with E-state index in [9.17, 15) is 13.2 Å². The lowest BCUT2D eigenvalue weighted by molar-refractivity contribution is -0.137. The van der Waals surface area contributed by atoms with E-state index in [1.165, 1.54) is 4.31 Å². The minimum atomic E-state index is -3.67. The topological polar surface area (TPSA) is 70.2 Å². The molecule has 7 nitrogen and oxygen atoms in total. The number of piperazine rings is 1. The Labute approximate surface area is 200 Å². The highest BCUT2D eigenvalue weighted by molar-refractivity contribution is 7.89. The number of amides is 1. The average Bonchev–Trinajstić information content (AvgIpc) is 2.83. The van der Waals surface area contributed by atoms with Gasteiger partial charge in [-0.15, -0.1) is 0 Å². The number of aryl methyl sites for hydroxylation is 1. The summed E-state index contributed by atoms with van der Waals surface area (Å²) in [6, 6.07) is 12.6. The Hall–Kier alpha value is -2.29. The molecule has 2 saturated heterocycles. The molecule has 0 aromatic heterocycles. The first-order chi connectivity index (χ1) is 15.8. The quantitative estimate of drug-likeness (QED) is 0.641. The number of rotatable bonds is 5. The summed E-state index contributed by atoms with van der Waals surface area (Å²) in [5.41, 5.74) is 1.82. The van der Waals surface area contributed by atoms with Gasteiger partial charge in [0.2, 0.25) is 15.9 Å². The predicted molar refractivity (Wildman–Crippen MR) is 129 cm³/mol. The van der Waals surface area contributed by atoms with E-state index in [2.05, 4.69) is 4.90 Å². The van der Waals surface area contributed by atoms with Gasteiger partial charge in [-0.2, -0.15) is 4.31 Å². The van der Waals surface area contributed by atoms with E-state index in [0.717, 1.165) is 24.3 Å². The van der Waals surface area contributed by atoms with E-state index in [1.807, 2.05) is 36.1 Å². The second kappa shape index (κ2) is 9.91. The lowest BCUT2D eigenvalue weighted by atomic mass is 9.97. The van der Waals surface area contributed by atoms with Crippen molar-refractivity contribution in [3.8, 4) is 5.75 Å². The maximum absolute atomic E-state index is 13.3. The monoisotopic (exact) mass is 491 g/mol. The molecule has 2 fully saturated rings. The minimum Gasteiger partial charge on any atom is -0.496 e. The largest absolute Gasteiger partial charge is 0.496 e. The van der Waals surface area contributed by atoms with Gasteiger partial charge in [0, 0.05) is 50.0 Å². The number of piperidine rings is 1.